The molecule has 1 unspecified atom stereocenters. The second kappa shape index (κ2) is 7.81. The first-order valence-corrected chi connectivity index (χ1v) is 9.20. The Kier molecular flexibility index (Phi) is 5.53. The third-order valence-corrected chi connectivity index (χ3v) is 5.30. The van der Waals surface area contributed by atoms with Gasteiger partial charge in [-0.05, 0) is 35.6 Å². The molecule has 0 saturated carbocycles. The minimum atomic E-state index is -0.0272. The van der Waals surface area contributed by atoms with Gasteiger partial charge < -0.3 is 14.5 Å². The van der Waals surface area contributed by atoms with Gasteiger partial charge >= 0.3 is 0 Å². The number of thiophene rings is 1. The number of amides is 1. The number of aryl methyl sites for hydroxylation is 1. The van der Waals surface area contributed by atoms with Crippen LogP contribution >= 0.6 is 11.3 Å². The summed E-state index contributed by atoms with van der Waals surface area (Å²) in [5, 5.41) is 2.06. The average Bonchev–Trinajstić information content (AvgIpc) is 3.13. The fourth-order valence-electron chi connectivity index (χ4n) is 2.91. The number of nitrogens with zero attached hydrogens (tertiary/aromatic N) is 2. The molecule has 1 aliphatic rings. The van der Waals surface area contributed by atoms with Gasteiger partial charge in [0.05, 0.1) is 13.2 Å². The molecule has 2 aromatic rings. The Morgan fingerprint density at radius 2 is 2.08 bits per heavy atom. The molecule has 1 amide bonds. The van der Waals surface area contributed by atoms with Crippen molar-refractivity contribution in [2.75, 3.05) is 38.7 Å². The molecule has 0 radical (unpaired) electrons. The Balaban J connectivity index is 1.58. The van der Waals surface area contributed by atoms with Gasteiger partial charge in [0.2, 0.25) is 5.91 Å². The summed E-state index contributed by atoms with van der Waals surface area (Å²) in [6.07, 6.45) is 1.38. The van der Waals surface area contributed by atoms with E-state index < -0.39 is 0 Å². The number of hydrogen-bond donors (Lipinski definition) is 0. The molecule has 2 heterocycles. The maximum atomic E-state index is 12.5. The topological polar surface area (TPSA) is 32.8 Å². The lowest BCUT2D eigenvalue weighted by Gasteiger charge is -2.33. The van der Waals surface area contributed by atoms with Crippen LogP contribution in [0.4, 0.5) is 5.69 Å². The van der Waals surface area contributed by atoms with Crippen molar-refractivity contribution >= 4 is 22.9 Å². The standard InChI is InChI=1S/C19H24N2O2S/c1-20(2)16-7-5-15(6-8-16)18-14-21(11-12-23-18)19(22)10-9-17-4-3-13-24-17/h3-8,13,18H,9-12,14H2,1-2H3. The summed E-state index contributed by atoms with van der Waals surface area (Å²) in [6, 6.07) is 12.5. The van der Waals surface area contributed by atoms with E-state index in [4.69, 9.17) is 4.74 Å². The van der Waals surface area contributed by atoms with Gasteiger partial charge in [0.15, 0.2) is 0 Å². The van der Waals surface area contributed by atoms with Crippen molar-refractivity contribution in [3.8, 4) is 0 Å². The second-order valence-corrected chi connectivity index (χ2v) is 7.30. The summed E-state index contributed by atoms with van der Waals surface area (Å²) < 4.78 is 5.89. The van der Waals surface area contributed by atoms with Gasteiger partial charge in [-0.3, -0.25) is 4.79 Å². The van der Waals surface area contributed by atoms with Crippen LogP contribution in [-0.2, 0) is 16.0 Å². The molecule has 1 aliphatic heterocycles. The second-order valence-electron chi connectivity index (χ2n) is 6.26. The Bertz CT molecular complexity index is 653. The lowest BCUT2D eigenvalue weighted by Crippen LogP contribution is -2.42. The van der Waals surface area contributed by atoms with Crippen LogP contribution in [0.5, 0.6) is 0 Å². The molecule has 1 aromatic heterocycles. The van der Waals surface area contributed by atoms with Gasteiger partial charge in [-0.25, -0.2) is 0 Å². The Morgan fingerprint density at radius 3 is 2.75 bits per heavy atom. The van der Waals surface area contributed by atoms with Gasteiger partial charge in [-0.15, -0.1) is 11.3 Å². The van der Waals surface area contributed by atoms with E-state index in [-0.39, 0.29) is 12.0 Å². The molecule has 3 rings (SSSR count). The normalized spacial score (nSPS) is 17.8. The number of morpholine rings is 1. The van der Waals surface area contributed by atoms with Crippen molar-refractivity contribution in [3.05, 3.63) is 52.2 Å². The lowest BCUT2D eigenvalue weighted by atomic mass is 10.1. The lowest BCUT2D eigenvalue weighted by molar-refractivity contribution is -0.139. The van der Waals surface area contributed by atoms with E-state index in [1.807, 2.05) is 25.1 Å². The quantitative estimate of drug-likeness (QED) is 0.834. The van der Waals surface area contributed by atoms with Crippen molar-refractivity contribution in [1.82, 2.24) is 4.90 Å². The first-order valence-electron chi connectivity index (χ1n) is 8.32. The van der Waals surface area contributed by atoms with Crippen molar-refractivity contribution in [2.24, 2.45) is 0 Å². The van der Waals surface area contributed by atoms with E-state index in [0.717, 1.165) is 12.0 Å². The van der Waals surface area contributed by atoms with Gasteiger partial charge in [0.1, 0.15) is 6.10 Å². The largest absolute Gasteiger partial charge is 0.378 e. The van der Waals surface area contributed by atoms with Crippen LogP contribution in [-0.4, -0.2) is 44.6 Å². The minimum Gasteiger partial charge on any atom is -0.378 e. The van der Waals surface area contributed by atoms with Crippen LogP contribution in [0.15, 0.2) is 41.8 Å². The third-order valence-electron chi connectivity index (χ3n) is 4.37. The Hall–Kier alpha value is -1.85. The van der Waals surface area contributed by atoms with Crippen LogP contribution in [0.25, 0.3) is 0 Å². The molecule has 4 nitrogen and oxygen atoms in total. The summed E-state index contributed by atoms with van der Waals surface area (Å²) in [5.41, 5.74) is 2.30. The molecule has 24 heavy (non-hydrogen) atoms. The molecule has 0 spiro atoms. The number of carbonyl (C=O) groups excluding carboxylic acids is 1. The zero-order chi connectivity index (χ0) is 16.9. The smallest absolute Gasteiger partial charge is 0.223 e. The number of rotatable bonds is 5. The molecule has 0 aliphatic carbocycles. The number of benzene rings is 1. The zero-order valence-electron chi connectivity index (χ0n) is 14.3. The van der Waals surface area contributed by atoms with Crippen LogP contribution < -0.4 is 4.90 Å². The van der Waals surface area contributed by atoms with Gasteiger partial charge in [-0.2, -0.15) is 0 Å². The highest BCUT2D eigenvalue weighted by Crippen LogP contribution is 2.25. The Morgan fingerprint density at radius 1 is 1.29 bits per heavy atom. The van der Waals surface area contributed by atoms with Crippen LogP contribution in [0, 0.1) is 0 Å². The van der Waals surface area contributed by atoms with Crippen molar-refractivity contribution in [3.63, 3.8) is 0 Å². The van der Waals surface area contributed by atoms with E-state index in [9.17, 15) is 4.79 Å². The maximum Gasteiger partial charge on any atom is 0.223 e. The fourth-order valence-corrected chi connectivity index (χ4v) is 3.62. The van der Waals surface area contributed by atoms with E-state index in [1.54, 1.807) is 11.3 Å². The van der Waals surface area contributed by atoms with Crippen molar-refractivity contribution in [1.29, 1.82) is 0 Å². The van der Waals surface area contributed by atoms with E-state index in [1.165, 1.54) is 10.6 Å². The van der Waals surface area contributed by atoms with Gasteiger partial charge in [0.25, 0.3) is 0 Å². The molecule has 5 heteroatoms. The first-order chi connectivity index (χ1) is 11.6. The van der Waals surface area contributed by atoms with E-state index >= 15 is 0 Å². The highest BCUT2D eigenvalue weighted by atomic mass is 32.1. The van der Waals surface area contributed by atoms with Crippen LogP contribution in [0.1, 0.15) is 23.0 Å². The van der Waals surface area contributed by atoms with Crippen LogP contribution in [0.2, 0.25) is 0 Å². The summed E-state index contributed by atoms with van der Waals surface area (Å²) in [6.45, 7) is 1.94. The van der Waals surface area contributed by atoms with Gasteiger partial charge in [0, 0.05) is 37.6 Å². The third kappa shape index (κ3) is 4.16. The highest BCUT2D eigenvalue weighted by Gasteiger charge is 2.25. The highest BCUT2D eigenvalue weighted by molar-refractivity contribution is 7.09. The zero-order valence-corrected chi connectivity index (χ0v) is 15.1. The fraction of sp³-hybridized carbons (Fsp3) is 0.421. The molecule has 0 N–H and O–H groups in total. The van der Waals surface area contributed by atoms with Crippen LogP contribution in [0.3, 0.4) is 0 Å². The predicted molar refractivity (Wildman–Crippen MR) is 98.7 cm³/mol. The molecule has 1 aromatic carbocycles. The van der Waals surface area contributed by atoms with Crippen molar-refractivity contribution in [2.45, 2.75) is 18.9 Å². The van der Waals surface area contributed by atoms with Gasteiger partial charge in [-0.1, -0.05) is 18.2 Å². The molecule has 128 valence electrons. The summed E-state index contributed by atoms with van der Waals surface area (Å²) in [7, 11) is 4.06. The van der Waals surface area contributed by atoms with Crippen molar-refractivity contribution < 1.29 is 9.53 Å². The predicted octanol–water partition coefficient (Wildman–Crippen LogP) is 3.35. The summed E-state index contributed by atoms with van der Waals surface area (Å²) >= 11 is 1.71. The maximum absolute atomic E-state index is 12.5. The molecule has 1 fully saturated rings. The summed E-state index contributed by atoms with van der Waals surface area (Å²) in [4.78, 5) is 17.8. The first kappa shape index (κ1) is 17.0. The van der Waals surface area contributed by atoms with E-state index in [0.29, 0.717) is 26.1 Å². The minimum absolute atomic E-state index is 0.0272. The van der Waals surface area contributed by atoms with E-state index in [2.05, 4.69) is 40.6 Å². The molecule has 1 atom stereocenters. The Labute approximate surface area is 147 Å². The monoisotopic (exact) mass is 344 g/mol. The SMILES string of the molecule is CN(C)c1ccc(C2CN(C(=O)CCc3cccs3)CCO2)cc1. The number of hydrogen-bond acceptors (Lipinski definition) is 4. The number of carbonyl (C=O) groups is 1. The molecule has 1 saturated heterocycles. The summed E-state index contributed by atoms with van der Waals surface area (Å²) in [5.74, 6) is 0.224. The molecular weight excluding hydrogens is 320 g/mol. The molecular formula is C19H24N2O2S. The number of anilines is 1. The average molecular weight is 344 g/mol. The number of ether oxygens (including phenoxy) is 1. The molecule has 0 bridgehead atoms.